The minimum Gasteiger partial charge on any atom is -0.494 e. The summed E-state index contributed by atoms with van der Waals surface area (Å²) in [5.74, 6) is 0.0379. The predicted octanol–water partition coefficient (Wildman–Crippen LogP) is 4.65. The van der Waals surface area contributed by atoms with Gasteiger partial charge in [-0.2, -0.15) is 0 Å². The van der Waals surface area contributed by atoms with Gasteiger partial charge in [-0.1, -0.05) is 31.1 Å². The quantitative estimate of drug-likeness (QED) is 0.441. The summed E-state index contributed by atoms with van der Waals surface area (Å²) in [6.45, 7) is 2.76. The molecule has 0 fully saturated rings. The largest absolute Gasteiger partial charge is 0.494 e. The van der Waals surface area contributed by atoms with Crippen LogP contribution < -0.4 is 10.1 Å². The maximum absolute atomic E-state index is 12.4. The van der Waals surface area contributed by atoms with Crippen molar-refractivity contribution in [3.8, 4) is 5.75 Å². The van der Waals surface area contributed by atoms with Crippen LogP contribution in [0.3, 0.4) is 0 Å². The number of carbonyl (C=O) groups is 2. The van der Waals surface area contributed by atoms with E-state index in [1.807, 2.05) is 0 Å². The van der Waals surface area contributed by atoms with Crippen LogP contribution in [0.1, 0.15) is 60.8 Å². The van der Waals surface area contributed by atoms with Crippen molar-refractivity contribution in [2.24, 2.45) is 0 Å². The minimum absolute atomic E-state index is 0.00302. The summed E-state index contributed by atoms with van der Waals surface area (Å²) >= 11 is 0.608. The highest BCUT2D eigenvalue weighted by molar-refractivity contribution is 7.15. The number of Topliss-reactive ketones (excluding diaryl/α,β-unsaturated/α-hetero) is 1. The Morgan fingerprint density at radius 2 is 1.89 bits per heavy atom. The number of ether oxygens (including phenoxy) is 1. The molecule has 9 heteroatoms. The fourth-order valence-corrected chi connectivity index (χ4v) is 2.82. The number of nitrogens with one attached hydrogen (secondary N) is 1. The molecule has 0 saturated carbocycles. The fraction of sp³-hybridized carbons (Fsp3) is 0.444. The molecule has 0 unspecified atom stereocenters. The van der Waals surface area contributed by atoms with Gasteiger partial charge in [-0.3, -0.25) is 9.59 Å². The number of hydrogen-bond donors (Lipinski definition) is 1. The van der Waals surface area contributed by atoms with E-state index in [4.69, 9.17) is 4.74 Å². The van der Waals surface area contributed by atoms with Crippen LogP contribution in [-0.2, 0) is 4.79 Å². The summed E-state index contributed by atoms with van der Waals surface area (Å²) in [5.41, 5.74) is 0.486. The molecule has 1 N–H and O–H groups in total. The average Bonchev–Trinajstić information content (AvgIpc) is 3.12. The second-order valence-electron chi connectivity index (χ2n) is 5.80. The first-order valence-corrected chi connectivity index (χ1v) is 9.48. The highest BCUT2D eigenvalue weighted by atomic mass is 32.1. The van der Waals surface area contributed by atoms with Crippen LogP contribution in [0, 0.1) is 0 Å². The Bertz CT molecular complexity index is 751. The maximum atomic E-state index is 12.4. The Kier molecular flexibility index (Phi) is 8.25. The van der Waals surface area contributed by atoms with E-state index in [0.717, 1.165) is 19.3 Å². The van der Waals surface area contributed by atoms with Gasteiger partial charge in [-0.25, -0.2) is 8.78 Å². The van der Waals surface area contributed by atoms with Gasteiger partial charge in [0.05, 0.1) is 6.61 Å². The number of carbonyl (C=O) groups excluding carboxylic acids is 2. The minimum atomic E-state index is -2.73. The third-order valence-electron chi connectivity index (χ3n) is 3.65. The van der Waals surface area contributed by atoms with Crippen molar-refractivity contribution < 1.29 is 23.1 Å². The average molecular weight is 397 g/mol. The molecule has 0 saturated heterocycles. The Morgan fingerprint density at radius 3 is 2.52 bits per heavy atom. The number of unbranched alkanes of at least 4 members (excludes halogenated alkanes) is 2. The molecular formula is C18H21F2N3O3S. The number of rotatable bonds is 11. The van der Waals surface area contributed by atoms with Gasteiger partial charge in [-0.15, -0.1) is 10.2 Å². The summed E-state index contributed by atoms with van der Waals surface area (Å²) in [5, 5.41) is 8.64. The number of alkyl halides is 2. The highest BCUT2D eigenvalue weighted by Crippen LogP contribution is 2.25. The summed E-state index contributed by atoms with van der Waals surface area (Å²) < 4.78 is 30.5. The van der Waals surface area contributed by atoms with Gasteiger partial charge in [0.2, 0.25) is 11.0 Å². The first-order valence-electron chi connectivity index (χ1n) is 8.67. The first-order chi connectivity index (χ1) is 13.0. The van der Waals surface area contributed by atoms with E-state index in [1.165, 1.54) is 0 Å². The van der Waals surface area contributed by atoms with E-state index in [0.29, 0.717) is 29.3 Å². The molecule has 1 aromatic heterocycles. The Balaban J connectivity index is 1.76. The third kappa shape index (κ3) is 7.01. The number of benzene rings is 1. The molecule has 2 rings (SSSR count). The second kappa shape index (κ2) is 10.7. The third-order valence-corrected chi connectivity index (χ3v) is 4.49. The van der Waals surface area contributed by atoms with Crippen LogP contribution in [0.5, 0.6) is 5.75 Å². The van der Waals surface area contributed by atoms with Crippen molar-refractivity contribution >= 4 is 28.2 Å². The number of halogens is 2. The summed E-state index contributed by atoms with van der Waals surface area (Å²) in [6, 6.07) is 6.78. The molecule has 2 aromatic rings. The zero-order valence-corrected chi connectivity index (χ0v) is 15.7. The first kappa shape index (κ1) is 20.9. The van der Waals surface area contributed by atoms with Crippen molar-refractivity contribution in [2.75, 3.05) is 11.9 Å². The van der Waals surface area contributed by atoms with Crippen LogP contribution in [0.25, 0.3) is 0 Å². The molecule has 146 valence electrons. The zero-order chi connectivity index (χ0) is 19.6. The fourth-order valence-electron chi connectivity index (χ4n) is 2.21. The Labute approximate surface area is 160 Å². The van der Waals surface area contributed by atoms with Gasteiger partial charge in [0.25, 0.3) is 6.43 Å². The molecule has 0 aliphatic carbocycles. The van der Waals surface area contributed by atoms with Gasteiger partial charge < -0.3 is 10.1 Å². The standard InChI is InChI=1S/C18H21F2N3O3S/c1-2-3-4-11-26-13-7-5-12(6-8-13)14(24)9-10-15(25)21-18-23-22-17(27-18)16(19)20/h5-8,16H,2-4,9-11H2,1H3,(H,21,23,25). The summed E-state index contributed by atoms with van der Waals surface area (Å²) in [7, 11) is 0. The van der Waals surface area contributed by atoms with Crippen LogP contribution in [0.4, 0.5) is 13.9 Å². The molecule has 1 heterocycles. The van der Waals surface area contributed by atoms with Crippen molar-refractivity contribution in [3.63, 3.8) is 0 Å². The molecule has 0 bridgehead atoms. The molecule has 0 atom stereocenters. The van der Waals surface area contributed by atoms with Gasteiger partial charge in [0.15, 0.2) is 10.8 Å². The van der Waals surface area contributed by atoms with E-state index < -0.39 is 17.3 Å². The van der Waals surface area contributed by atoms with Crippen molar-refractivity contribution in [1.29, 1.82) is 0 Å². The SMILES string of the molecule is CCCCCOc1ccc(C(=O)CCC(=O)Nc2nnc(C(F)F)s2)cc1. The number of amides is 1. The molecule has 0 aliphatic heterocycles. The normalized spacial score (nSPS) is 10.8. The van der Waals surface area contributed by atoms with E-state index in [-0.39, 0.29) is 23.8 Å². The molecule has 0 aliphatic rings. The van der Waals surface area contributed by atoms with E-state index >= 15 is 0 Å². The molecule has 27 heavy (non-hydrogen) atoms. The monoisotopic (exact) mass is 397 g/mol. The molecular weight excluding hydrogens is 376 g/mol. The van der Waals surface area contributed by atoms with Crippen LogP contribution in [0.15, 0.2) is 24.3 Å². The lowest BCUT2D eigenvalue weighted by Crippen LogP contribution is -2.13. The number of anilines is 1. The van der Waals surface area contributed by atoms with E-state index in [2.05, 4.69) is 22.4 Å². The maximum Gasteiger partial charge on any atom is 0.291 e. The Hall–Kier alpha value is -2.42. The molecule has 1 amide bonds. The van der Waals surface area contributed by atoms with E-state index in [1.54, 1.807) is 24.3 Å². The van der Waals surface area contributed by atoms with Crippen LogP contribution >= 0.6 is 11.3 Å². The lowest BCUT2D eigenvalue weighted by Gasteiger charge is -2.06. The second-order valence-corrected chi connectivity index (χ2v) is 6.81. The van der Waals surface area contributed by atoms with Crippen LogP contribution in [0.2, 0.25) is 0 Å². The van der Waals surface area contributed by atoms with Crippen molar-refractivity contribution in [2.45, 2.75) is 45.5 Å². The van der Waals surface area contributed by atoms with Gasteiger partial charge in [0.1, 0.15) is 5.75 Å². The summed E-state index contributed by atoms with van der Waals surface area (Å²) in [4.78, 5) is 24.0. The Morgan fingerprint density at radius 1 is 1.15 bits per heavy atom. The topological polar surface area (TPSA) is 81.2 Å². The lowest BCUT2D eigenvalue weighted by molar-refractivity contribution is -0.116. The molecule has 1 aromatic carbocycles. The van der Waals surface area contributed by atoms with Gasteiger partial charge in [-0.05, 0) is 30.7 Å². The van der Waals surface area contributed by atoms with Crippen LogP contribution in [-0.4, -0.2) is 28.5 Å². The van der Waals surface area contributed by atoms with E-state index in [9.17, 15) is 18.4 Å². The molecule has 0 spiro atoms. The van der Waals surface area contributed by atoms with Crippen molar-refractivity contribution in [1.82, 2.24) is 10.2 Å². The smallest absolute Gasteiger partial charge is 0.291 e. The number of hydrogen-bond acceptors (Lipinski definition) is 6. The highest BCUT2D eigenvalue weighted by Gasteiger charge is 2.16. The lowest BCUT2D eigenvalue weighted by atomic mass is 10.1. The number of ketones is 1. The van der Waals surface area contributed by atoms with Gasteiger partial charge in [0, 0.05) is 18.4 Å². The zero-order valence-electron chi connectivity index (χ0n) is 14.9. The predicted molar refractivity (Wildman–Crippen MR) is 98.5 cm³/mol. The number of nitrogens with zero attached hydrogens (tertiary/aromatic N) is 2. The molecule has 0 radical (unpaired) electrons. The molecule has 6 nitrogen and oxygen atoms in total. The van der Waals surface area contributed by atoms with Gasteiger partial charge >= 0.3 is 0 Å². The number of aromatic nitrogens is 2. The summed E-state index contributed by atoms with van der Waals surface area (Å²) in [6.07, 6.45) is 0.421. The van der Waals surface area contributed by atoms with Crippen molar-refractivity contribution in [3.05, 3.63) is 34.8 Å².